The van der Waals surface area contributed by atoms with E-state index in [0.29, 0.717) is 18.1 Å². The van der Waals surface area contributed by atoms with E-state index >= 15 is 0 Å². The Morgan fingerprint density at radius 2 is 0.955 bits per heavy atom. The van der Waals surface area contributed by atoms with Crippen LogP contribution >= 0.6 is 23.5 Å². The summed E-state index contributed by atoms with van der Waals surface area (Å²) in [6.45, 7) is 37.2. The van der Waals surface area contributed by atoms with Crippen LogP contribution in [0.5, 0.6) is 11.5 Å². The van der Waals surface area contributed by atoms with Gasteiger partial charge in [0.05, 0.1) is 10.7 Å². The van der Waals surface area contributed by atoms with Crippen molar-refractivity contribution in [2.75, 3.05) is 32.8 Å². The number of thioether (sulfide) groups is 2. The quantitative estimate of drug-likeness (QED) is 0.128. The molecule has 0 saturated heterocycles. The number of ether oxygens (including phenoxy) is 1. The first kappa shape index (κ1) is 38.8. The second-order valence-electron chi connectivity index (χ2n) is 16.4. The number of hydrogen-bond acceptors (Lipinski definition) is 6. The third kappa shape index (κ3) is 10.6. The molecule has 44 heavy (non-hydrogen) atoms. The van der Waals surface area contributed by atoms with Gasteiger partial charge in [0.15, 0.2) is 0 Å². The van der Waals surface area contributed by atoms with Crippen LogP contribution < -0.4 is 0 Å². The summed E-state index contributed by atoms with van der Waals surface area (Å²) in [5, 5.41) is 22.9. The van der Waals surface area contributed by atoms with Gasteiger partial charge in [-0.1, -0.05) is 90.0 Å². The maximum absolute atomic E-state index is 11.6. The van der Waals surface area contributed by atoms with Crippen LogP contribution in [0.4, 0.5) is 0 Å². The summed E-state index contributed by atoms with van der Waals surface area (Å²) in [6.07, 6.45) is 0.827. The van der Waals surface area contributed by atoms with Crippen LogP contribution in [0.2, 0.25) is 0 Å². The van der Waals surface area contributed by atoms with Crippen LogP contribution in [0.3, 0.4) is 0 Å². The van der Waals surface area contributed by atoms with E-state index in [9.17, 15) is 10.2 Å². The van der Waals surface area contributed by atoms with Gasteiger partial charge in [0.25, 0.3) is 0 Å². The van der Waals surface area contributed by atoms with Gasteiger partial charge in [-0.05, 0) is 79.3 Å². The fraction of sp³-hybridized carbons (Fsp3) is 0.684. The first-order chi connectivity index (χ1) is 19.9. The van der Waals surface area contributed by atoms with Crippen molar-refractivity contribution in [3.63, 3.8) is 0 Å². The van der Waals surface area contributed by atoms with Gasteiger partial charge in [0.2, 0.25) is 0 Å². The highest BCUT2D eigenvalue weighted by Crippen LogP contribution is 2.51. The van der Waals surface area contributed by atoms with E-state index in [1.54, 1.807) is 0 Å². The van der Waals surface area contributed by atoms with Crippen LogP contribution in [0.15, 0.2) is 34.1 Å². The largest absolute Gasteiger partial charge is 0.507 e. The molecule has 0 aliphatic heterocycles. The molecule has 0 fully saturated rings. The number of likely N-dealkylation sites (N-methyl/N-ethyl adjacent to an activating group) is 1. The number of aromatic hydroxyl groups is 2. The molecule has 0 unspecified atom stereocenters. The van der Waals surface area contributed by atoms with E-state index in [1.165, 1.54) is 0 Å². The number of hydrogen-bond donors (Lipinski definition) is 2. The lowest BCUT2D eigenvalue weighted by Crippen LogP contribution is -2.28. The van der Waals surface area contributed by atoms with E-state index in [2.05, 4.69) is 133 Å². The number of benzene rings is 2. The lowest BCUT2D eigenvalue weighted by Gasteiger charge is -2.32. The van der Waals surface area contributed by atoms with Crippen molar-refractivity contribution in [1.82, 2.24) is 4.90 Å². The number of phenolic OH excluding ortho intramolecular Hbond substituents is 2. The normalized spacial score (nSPS) is 13.6. The molecular weight excluding hydrogens is 583 g/mol. The molecule has 0 bridgehead atoms. The van der Waals surface area contributed by atoms with Crippen molar-refractivity contribution in [2.45, 2.75) is 146 Å². The van der Waals surface area contributed by atoms with Crippen LogP contribution in [-0.4, -0.2) is 52.0 Å². The van der Waals surface area contributed by atoms with Crippen molar-refractivity contribution in [3.05, 3.63) is 46.5 Å². The average molecular weight is 646 g/mol. The summed E-state index contributed by atoms with van der Waals surface area (Å²) in [6, 6.07) is 8.72. The molecule has 0 radical (unpaired) electrons. The Kier molecular flexibility index (Phi) is 12.9. The van der Waals surface area contributed by atoms with Gasteiger partial charge in [-0.15, -0.1) is 23.5 Å². The maximum atomic E-state index is 11.6. The van der Waals surface area contributed by atoms with Gasteiger partial charge in [-0.25, -0.2) is 0 Å². The lowest BCUT2D eigenvalue weighted by molar-refractivity contribution is 0.0948. The molecule has 2 aromatic carbocycles. The average Bonchev–Trinajstić information content (AvgIpc) is 2.85. The Bertz CT molecular complexity index is 1210. The first-order valence-corrected chi connectivity index (χ1v) is 18.0. The number of rotatable bonds is 13. The zero-order chi connectivity index (χ0) is 33.9. The Hall–Kier alpha value is -1.34. The van der Waals surface area contributed by atoms with Crippen LogP contribution in [0, 0.1) is 0 Å². The second kappa shape index (κ2) is 14.6. The van der Waals surface area contributed by atoms with E-state index in [0.717, 1.165) is 64.7 Å². The second-order valence-corrected chi connectivity index (χ2v) is 20.0. The van der Waals surface area contributed by atoms with Crippen molar-refractivity contribution in [2.24, 2.45) is 0 Å². The molecule has 6 heteroatoms. The van der Waals surface area contributed by atoms with Gasteiger partial charge in [0.1, 0.15) is 11.5 Å². The smallest absolute Gasteiger partial charge is 0.123 e. The summed E-state index contributed by atoms with van der Waals surface area (Å²) in [4.78, 5) is 4.69. The minimum absolute atomic E-state index is 0.175. The van der Waals surface area contributed by atoms with Crippen molar-refractivity contribution < 1.29 is 14.9 Å². The molecule has 2 aromatic rings. The maximum Gasteiger partial charge on any atom is 0.123 e. The summed E-state index contributed by atoms with van der Waals surface area (Å²) >= 11 is 3.67. The fourth-order valence-electron chi connectivity index (χ4n) is 5.45. The molecule has 0 aliphatic rings. The van der Waals surface area contributed by atoms with E-state index < -0.39 is 0 Å². The molecule has 2 N–H and O–H groups in total. The minimum Gasteiger partial charge on any atom is -0.507 e. The summed E-state index contributed by atoms with van der Waals surface area (Å²) < 4.78 is 5.86. The third-order valence-corrected chi connectivity index (χ3v) is 10.8. The molecule has 0 atom stereocenters. The molecule has 2 rings (SSSR count). The zero-order valence-electron chi connectivity index (χ0n) is 30.6. The molecule has 0 saturated carbocycles. The molecule has 0 aliphatic carbocycles. The van der Waals surface area contributed by atoms with Gasteiger partial charge >= 0.3 is 0 Å². The molecule has 250 valence electrons. The van der Waals surface area contributed by atoms with Gasteiger partial charge in [-0.3, -0.25) is 0 Å². The fourth-order valence-corrected chi connectivity index (χ4v) is 8.04. The lowest BCUT2D eigenvalue weighted by atomic mass is 9.77. The van der Waals surface area contributed by atoms with Crippen molar-refractivity contribution in [1.29, 1.82) is 0 Å². The van der Waals surface area contributed by atoms with E-state index in [-0.39, 0.29) is 25.7 Å². The molecule has 0 aromatic heterocycles. The van der Waals surface area contributed by atoms with Crippen LogP contribution in [0.25, 0.3) is 0 Å². The van der Waals surface area contributed by atoms with E-state index in [1.807, 2.05) is 23.5 Å². The Balaban J connectivity index is 2.43. The predicted octanol–water partition coefficient (Wildman–Crippen LogP) is 10.6. The number of nitrogens with zero attached hydrogens (tertiary/aromatic N) is 1. The summed E-state index contributed by atoms with van der Waals surface area (Å²) in [7, 11) is 0. The molecule has 0 heterocycles. The SMILES string of the molecule is CCN(CC)CCOCCC(C)(C)c1cc(SC(C)(C)Sc2cc(C(C)(C)C)c(O)c(C(C)(C)C)c2)cc(C(C)(C)C)c1O. The minimum atomic E-state index is -0.257. The summed E-state index contributed by atoms with van der Waals surface area (Å²) in [5.74, 6) is 0.820. The summed E-state index contributed by atoms with van der Waals surface area (Å²) in [5.41, 5.74) is 3.11. The van der Waals surface area contributed by atoms with Gasteiger partial charge < -0.3 is 19.8 Å². The van der Waals surface area contributed by atoms with Gasteiger partial charge in [0, 0.05) is 45.2 Å². The first-order valence-electron chi connectivity index (χ1n) is 16.4. The number of phenols is 2. The highest BCUT2D eigenvalue weighted by atomic mass is 32.2. The highest BCUT2D eigenvalue weighted by Gasteiger charge is 2.32. The van der Waals surface area contributed by atoms with Crippen LogP contribution in [0.1, 0.15) is 133 Å². The Labute approximate surface area is 279 Å². The molecule has 4 nitrogen and oxygen atoms in total. The predicted molar refractivity (Wildman–Crippen MR) is 194 cm³/mol. The van der Waals surface area contributed by atoms with E-state index in [4.69, 9.17) is 4.74 Å². The van der Waals surface area contributed by atoms with Crippen molar-refractivity contribution in [3.8, 4) is 11.5 Å². The van der Waals surface area contributed by atoms with Gasteiger partial charge in [-0.2, -0.15) is 0 Å². The Morgan fingerprint density at radius 1 is 0.591 bits per heavy atom. The molecule has 0 spiro atoms. The standard InChI is InChI=1S/C38H63NO3S2/c1-16-39(17-2)19-21-42-20-18-37(12,13)31-25-27(24-30(33(31)41)36(9,10)11)44-38(14,15)43-26-22-28(34(3,4)5)32(40)29(23-26)35(6,7)8/h22-25,40-41H,16-21H2,1-15H3. The van der Waals surface area contributed by atoms with Crippen LogP contribution in [-0.2, 0) is 26.4 Å². The zero-order valence-corrected chi connectivity index (χ0v) is 32.3. The molecule has 0 amide bonds. The van der Waals surface area contributed by atoms with Crippen molar-refractivity contribution >= 4 is 23.5 Å². The highest BCUT2D eigenvalue weighted by molar-refractivity contribution is 8.18. The topological polar surface area (TPSA) is 52.9 Å². The monoisotopic (exact) mass is 645 g/mol. The molecular formula is C38H63NO3S2. The Morgan fingerprint density at radius 3 is 1.32 bits per heavy atom. The third-order valence-electron chi connectivity index (χ3n) is 8.36.